The summed E-state index contributed by atoms with van der Waals surface area (Å²) in [6.07, 6.45) is 1.90. The summed E-state index contributed by atoms with van der Waals surface area (Å²) >= 11 is 7.70. The number of carbonyl (C=O) groups excluding carboxylic acids is 1. The third-order valence-electron chi connectivity index (χ3n) is 3.43. The summed E-state index contributed by atoms with van der Waals surface area (Å²) in [5.74, 6) is -0.0732. The number of thioether (sulfide) groups is 1. The molecule has 0 unspecified atom stereocenters. The monoisotopic (exact) mass is 429 g/mol. The van der Waals surface area contributed by atoms with Crippen LogP contribution in [0.4, 0.5) is 0 Å². The first kappa shape index (κ1) is 24.7. The van der Waals surface area contributed by atoms with Crippen LogP contribution in [0.1, 0.15) is 38.3 Å². The van der Waals surface area contributed by atoms with Gasteiger partial charge in [0.2, 0.25) is 5.91 Å². The van der Waals surface area contributed by atoms with Crippen molar-refractivity contribution in [2.75, 3.05) is 0 Å². The smallest absolute Gasteiger partial charge is 0.237 e. The van der Waals surface area contributed by atoms with Gasteiger partial charge in [-0.15, -0.1) is 6.58 Å². The average Bonchev–Trinajstić information content (AvgIpc) is 2.89. The van der Waals surface area contributed by atoms with E-state index in [-0.39, 0.29) is 5.91 Å². The number of amides is 1. The number of allylic oxidation sites excluding steroid dienone is 1. The second kappa shape index (κ2) is 14.6. The fraction of sp³-hybridized carbons (Fsp3) is 0.217. The normalized spacial score (nSPS) is 11.7. The van der Waals surface area contributed by atoms with E-state index in [9.17, 15) is 4.79 Å². The summed E-state index contributed by atoms with van der Waals surface area (Å²) in [4.78, 5) is 16.4. The van der Waals surface area contributed by atoms with Crippen LogP contribution in [0.5, 0.6) is 0 Å². The number of hydrazine groups is 1. The number of nitrogens with one attached hydrogen (secondary N) is 2. The quantitative estimate of drug-likeness (QED) is 0.449. The van der Waals surface area contributed by atoms with Crippen molar-refractivity contribution in [3.8, 4) is 0 Å². The molecule has 4 nitrogen and oxygen atoms in total. The van der Waals surface area contributed by atoms with Crippen molar-refractivity contribution >= 4 is 34.4 Å². The van der Waals surface area contributed by atoms with Gasteiger partial charge in [0.15, 0.2) is 0 Å². The van der Waals surface area contributed by atoms with Gasteiger partial charge in [-0.1, -0.05) is 91.8 Å². The molecule has 0 atom stereocenters. The number of carbonyl (C=O) groups is 1. The van der Waals surface area contributed by atoms with E-state index in [0.29, 0.717) is 18.1 Å². The highest BCUT2D eigenvalue weighted by Crippen LogP contribution is 2.29. The molecule has 0 saturated carbocycles. The third kappa shape index (κ3) is 9.61. The number of aliphatic imine (C=N–C) groups is 1. The Morgan fingerprint density at radius 1 is 1.14 bits per heavy atom. The molecule has 0 saturated heterocycles. The second-order valence-corrected chi connectivity index (χ2v) is 6.93. The van der Waals surface area contributed by atoms with E-state index in [1.54, 1.807) is 17.8 Å². The van der Waals surface area contributed by atoms with Crippen molar-refractivity contribution in [1.82, 2.24) is 10.9 Å². The summed E-state index contributed by atoms with van der Waals surface area (Å²) in [6, 6.07) is 17.9. The topological polar surface area (TPSA) is 53.5 Å². The molecule has 6 heteroatoms. The molecule has 0 fully saturated rings. The predicted molar refractivity (Wildman–Crippen MR) is 126 cm³/mol. The lowest BCUT2D eigenvalue weighted by Crippen LogP contribution is -2.36. The molecule has 0 bridgehead atoms. The fourth-order valence-corrected chi connectivity index (χ4v) is 3.31. The molecule has 2 aromatic rings. The molecule has 0 aliphatic carbocycles. The Hall–Kier alpha value is -2.34. The molecule has 29 heavy (non-hydrogen) atoms. The number of benzene rings is 2. The van der Waals surface area contributed by atoms with Crippen molar-refractivity contribution in [3.63, 3.8) is 0 Å². The van der Waals surface area contributed by atoms with E-state index >= 15 is 0 Å². The van der Waals surface area contributed by atoms with Crippen LogP contribution in [0.2, 0.25) is 0 Å². The molecule has 0 aromatic heterocycles. The van der Waals surface area contributed by atoms with E-state index < -0.39 is 0 Å². The molecule has 2 N–H and O–H groups in total. The minimum atomic E-state index is -0.0732. The Kier molecular flexibility index (Phi) is 12.5. The van der Waals surface area contributed by atoms with Crippen molar-refractivity contribution in [1.29, 1.82) is 0 Å². The maximum absolute atomic E-state index is 11.0. The Morgan fingerprint density at radius 3 is 2.48 bits per heavy atom. The minimum Gasteiger partial charge on any atom is -0.291 e. The summed E-state index contributed by atoms with van der Waals surface area (Å²) in [5.41, 5.74) is 8.51. The largest absolute Gasteiger partial charge is 0.291 e. The number of hydrogen-bond donors (Lipinski definition) is 2. The standard InChI is InChI=1S/C11H14N2O.C10H8ClNS.C2H6/c1-2-6-11(14)13-12-9-10-7-4-3-5-8-10;1-7-6-13-9-5-3-2-4-8(9)10(11)12-7;1-2/h2-5,7-8,12H,1,6,9H2,(H,13,14);2-6H,1H3;1-2H3. The molecule has 1 amide bonds. The molecule has 1 heterocycles. The lowest BCUT2D eigenvalue weighted by Gasteiger charge is -2.05. The van der Waals surface area contributed by atoms with Gasteiger partial charge in [-0.3, -0.25) is 10.2 Å². The molecular formula is C23H28ClN3OS. The van der Waals surface area contributed by atoms with E-state index in [2.05, 4.69) is 22.4 Å². The third-order valence-corrected chi connectivity index (χ3v) is 4.79. The zero-order chi connectivity index (χ0) is 21.5. The van der Waals surface area contributed by atoms with Crippen molar-refractivity contribution in [2.24, 2.45) is 4.99 Å². The van der Waals surface area contributed by atoms with Gasteiger partial charge in [-0.05, 0) is 24.0 Å². The van der Waals surface area contributed by atoms with Gasteiger partial charge in [0.25, 0.3) is 0 Å². The van der Waals surface area contributed by atoms with Gasteiger partial charge >= 0.3 is 0 Å². The van der Waals surface area contributed by atoms with Crippen molar-refractivity contribution in [2.45, 2.75) is 38.6 Å². The Bertz CT molecular complexity index is 835. The van der Waals surface area contributed by atoms with E-state index in [1.165, 1.54) is 0 Å². The van der Waals surface area contributed by atoms with Crippen LogP contribution in [-0.4, -0.2) is 11.1 Å². The summed E-state index contributed by atoms with van der Waals surface area (Å²) < 4.78 is 0. The van der Waals surface area contributed by atoms with Gasteiger partial charge < -0.3 is 0 Å². The van der Waals surface area contributed by atoms with Crippen LogP contribution in [0.3, 0.4) is 0 Å². The molecule has 3 rings (SSSR count). The zero-order valence-corrected chi connectivity index (χ0v) is 18.7. The molecule has 154 valence electrons. The Morgan fingerprint density at radius 2 is 1.79 bits per heavy atom. The van der Waals surface area contributed by atoms with Crippen LogP contribution in [0, 0.1) is 0 Å². The maximum Gasteiger partial charge on any atom is 0.237 e. The molecule has 1 aliphatic rings. The molecular weight excluding hydrogens is 402 g/mol. The lowest BCUT2D eigenvalue weighted by molar-refractivity contribution is -0.121. The highest BCUT2D eigenvalue weighted by Gasteiger charge is 2.09. The fourth-order valence-electron chi connectivity index (χ4n) is 2.15. The van der Waals surface area contributed by atoms with E-state index in [4.69, 9.17) is 11.6 Å². The Labute approximate surface area is 183 Å². The van der Waals surface area contributed by atoms with Crippen molar-refractivity contribution in [3.05, 3.63) is 89.5 Å². The van der Waals surface area contributed by atoms with Gasteiger partial charge in [0, 0.05) is 29.1 Å². The number of halogens is 1. The van der Waals surface area contributed by atoms with Crippen LogP contribution in [-0.2, 0) is 11.3 Å². The first-order valence-corrected chi connectivity index (χ1v) is 10.7. The van der Waals surface area contributed by atoms with Crippen LogP contribution < -0.4 is 10.9 Å². The SMILES string of the molecule is C=CCC(=O)NNCc1ccccc1.CC.CC1=CSc2ccccc2C(Cl)=N1. The molecule has 2 aromatic carbocycles. The summed E-state index contributed by atoms with van der Waals surface area (Å²) in [5, 5.41) is 2.59. The predicted octanol–water partition coefficient (Wildman–Crippen LogP) is 6.05. The van der Waals surface area contributed by atoms with Gasteiger partial charge in [0.1, 0.15) is 5.17 Å². The number of hydrogen-bond acceptors (Lipinski definition) is 4. The highest BCUT2D eigenvalue weighted by molar-refractivity contribution is 8.02. The Balaban J connectivity index is 0.000000268. The van der Waals surface area contributed by atoms with E-state index in [1.807, 2.05) is 80.8 Å². The van der Waals surface area contributed by atoms with E-state index in [0.717, 1.165) is 21.7 Å². The molecule has 0 spiro atoms. The minimum absolute atomic E-state index is 0.0732. The highest BCUT2D eigenvalue weighted by atomic mass is 35.5. The number of fused-ring (bicyclic) bond motifs is 1. The second-order valence-electron chi connectivity index (χ2n) is 5.66. The lowest BCUT2D eigenvalue weighted by atomic mass is 10.2. The van der Waals surface area contributed by atoms with Crippen LogP contribution in [0.25, 0.3) is 0 Å². The van der Waals surface area contributed by atoms with Gasteiger partial charge in [-0.2, -0.15) is 0 Å². The molecule has 1 aliphatic heterocycles. The maximum atomic E-state index is 11.0. The van der Waals surface area contributed by atoms with Crippen LogP contribution >= 0.6 is 23.4 Å². The first-order chi connectivity index (χ1) is 14.1. The summed E-state index contributed by atoms with van der Waals surface area (Å²) in [6.45, 7) is 10.1. The zero-order valence-electron chi connectivity index (χ0n) is 17.1. The van der Waals surface area contributed by atoms with Crippen LogP contribution in [0.15, 0.2) is 88.2 Å². The average molecular weight is 430 g/mol. The van der Waals surface area contributed by atoms with Crippen molar-refractivity contribution < 1.29 is 4.79 Å². The summed E-state index contributed by atoms with van der Waals surface area (Å²) in [7, 11) is 0. The van der Waals surface area contributed by atoms with Gasteiger partial charge in [0.05, 0.1) is 0 Å². The van der Waals surface area contributed by atoms with Gasteiger partial charge in [-0.25, -0.2) is 10.4 Å². The first-order valence-electron chi connectivity index (χ1n) is 9.43. The number of rotatable bonds is 5. The number of nitrogens with zero attached hydrogens (tertiary/aromatic N) is 1. The molecule has 0 radical (unpaired) electrons.